The summed E-state index contributed by atoms with van der Waals surface area (Å²) in [5, 5.41) is 12.5. The minimum Gasteiger partial charge on any atom is -1.00 e. The predicted molar refractivity (Wildman–Crippen MR) is 114 cm³/mol. The Morgan fingerprint density at radius 2 is 1.47 bits per heavy atom. The van der Waals surface area contributed by atoms with Crippen molar-refractivity contribution in [2.75, 3.05) is 14.1 Å². The maximum Gasteiger partial charge on any atom is 0.347 e. The molecule has 2 aliphatic rings. The van der Waals surface area contributed by atoms with E-state index < -0.39 is 11.6 Å². The van der Waals surface area contributed by atoms with Crippen LogP contribution in [-0.2, 0) is 15.1 Å². The molecule has 2 aliphatic heterocycles. The first kappa shape index (κ1) is 23.3. The Morgan fingerprint density at radius 3 is 1.90 bits per heavy atom. The van der Waals surface area contributed by atoms with Crippen LogP contribution in [0.15, 0.2) is 60.7 Å². The summed E-state index contributed by atoms with van der Waals surface area (Å²) < 4.78 is 6.77. The Labute approximate surface area is 197 Å². The summed E-state index contributed by atoms with van der Waals surface area (Å²) in [4.78, 5) is 13.4. The quantitative estimate of drug-likeness (QED) is 0.382. The molecule has 2 aromatic rings. The summed E-state index contributed by atoms with van der Waals surface area (Å²) in [5.74, 6) is -0.710. The molecule has 4 nitrogen and oxygen atoms in total. The molecule has 0 aromatic heterocycles. The lowest BCUT2D eigenvalue weighted by atomic mass is 9.86. The number of ether oxygens (including phenoxy) is 1. The number of rotatable bonds is 4. The van der Waals surface area contributed by atoms with Gasteiger partial charge in [-0.15, -0.1) is 0 Å². The van der Waals surface area contributed by atoms with Crippen LogP contribution in [0.4, 0.5) is 0 Å². The second-order valence-electron chi connectivity index (χ2n) is 8.38. The average Bonchev–Trinajstić information content (AvgIpc) is 2.84. The van der Waals surface area contributed by atoms with Crippen LogP contribution in [-0.4, -0.2) is 47.8 Å². The summed E-state index contributed by atoms with van der Waals surface area (Å²) in [6, 6.07) is 13.9. The van der Waals surface area contributed by atoms with Gasteiger partial charge < -0.3 is 31.3 Å². The number of carbonyl (C=O) groups excluding carboxylic acids is 1. The van der Waals surface area contributed by atoms with Crippen LogP contribution >= 0.6 is 23.2 Å². The van der Waals surface area contributed by atoms with E-state index in [4.69, 9.17) is 27.9 Å². The summed E-state index contributed by atoms with van der Waals surface area (Å²) in [6.07, 6.45) is 5.61. The third-order valence-electron chi connectivity index (χ3n) is 6.33. The van der Waals surface area contributed by atoms with Gasteiger partial charge >= 0.3 is 5.97 Å². The molecule has 2 heterocycles. The molecule has 0 spiro atoms. The lowest BCUT2D eigenvalue weighted by molar-refractivity contribution is -0.926. The van der Waals surface area contributed by atoms with Crippen molar-refractivity contribution in [2.24, 2.45) is 0 Å². The Morgan fingerprint density at radius 1 is 1.00 bits per heavy atom. The number of aliphatic hydroxyl groups is 1. The van der Waals surface area contributed by atoms with E-state index in [0.717, 1.165) is 17.3 Å². The van der Waals surface area contributed by atoms with Crippen molar-refractivity contribution < 1.29 is 36.1 Å². The zero-order valence-electron chi connectivity index (χ0n) is 16.8. The van der Waals surface area contributed by atoms with Gasteiger partial charge in [-0.05, 0) is 36.4 Å². The zero-order valence-corrected chi connectivity index (χ0v) is 19.9. The predicted octanol–water partition coefficient (Wildman–Crippen LogP) is 1.32. The zero-order chi connectivity index (χ0) is 20.8. The molecule has 0 aliphatic carbocycles. The van der Waals surface area contributed by atoms with Crippen molar-refractivity contribution in [2.45, 2.75) is 36.6 Å². The van der Waals surface area contributed by atoms with E-state index in [1.807, 2.05) is 0 Å². The Kier molecular flexibility index (Phi) is 6.71. The van der Waals surface area contributed by atoms with Crippen LogP contribution < -0.4 is 17.0 Å². The van der Waals surface area contributed by atoms with Gasteiger partial charge in [-0.25, -0.2) is 4.79 Å². The van der Waals surface area contributed by atoms with Crippen LogP contribution in [0.2, 0.25) is 10.0 Å². The fourth-order valence-corrected chi connectivity index (χ4v) is 4.82. The van der Waals surface area contributed by atoms with Crippen LogP contribution in [0.1, 0.15) is 24.0 Å². The van der Waals surface area contributed by atoms with Crippen LogP contribution in [0.25, 0.3) is 0 Å². The van der Waals surface area contributed by atoms with Crippen LogP contribution in [0, 0.1) is 0 Å². The monoisotopic (exact) mass is 511 g/mol. The van der Waals surface area contributed by atoms with Gasteiger partial charge in [0.15, 0.2) is 0 Å². The van der Waals surface area contributed by atoms with Gasteiger partial charge in [0, 0.05) is 34.0 Å². The smallest absolute Gasteiger partial charge is 0.347 e. The summed E-state index contributed by atoms with van der Waals surface area (Å²) in [7, 11) is 4.39. The second kappa shape index (κ2) is 8.64. The number of piperidine rings is 1. The lowest BCUT2D eigenvalue weighted by Crippen LogP contribution is -3.00. The molecule has 1 N–H and O–H groups in total. The molecule has 3 atom stereocenters. The van der Waals surface area contributed by atoms with Gasteiger partial charge in [-0.3, -0.25) is 0 Å². The number of likely N-dealkylation sites (N-methyl/N-ethyl adjacent to an activating group) is 1. The van der Waals surface area contributed by atoms with Gasteiger partial charge in [0.05, 0.1) is 14.1 Å². The molecular formula is C23H24BrCl2NO3. The largest absolute Gasteiger partial charge is 1.00 e. The molecule has 2 unspecified atom stereocenters. The average molecular weight is 513 g/mol. The van der Waals surface area contributed by atoms with E-state index in [-0.39, 0.29) is 23.1 Å². The second-order valence-corrected chi connectivity index (χ2v) is 9.25. The first-order chi connectivity index (χ1) is 13.7. The van der Waals surface area contributed by atoms with Gasteiger partial charge in [0.25, 0.3) is 0 Å². The molecule has 0 saturated carbocycles. The Bertz CT molecular complexity index is 915. The number of quaternary nitrogens is 1. The molecule has 1 saturated heterocycles. The number of hydrogen-bond donors (Lipinski definition) is 1. The first-order valence-electron chi connectivity index (χ1n) is 9.68. The third kappa shape index (κ3) is 4.06. The third-order valence-corrected chi connectivity index (χ3v) is 6.80. The van der Waals surface area contributed by atoms with Crippen LogP contribution in [0.3, 0.4) is 0 Å². The minimum atomic E-state index is -2.00. The summed E-state index contributed by atoms with van der Waals surface area (Å²) >= 11 is 12.3. The maximum absolute atomic E-state index is 13.4. The molecule has 30 heavy (non-hydrogen) atoms. The highest BCUT2D eigenvalue weighted by Gasteiger charge is 2.49. The number of esters is 1. The van der Waals surface area contributed by atoms with Crippen molar-refractivity contribution in [3.63, 3.8) is 0 Å². The Balaban J connectivity index is 0.00000256. The Hall–Kier alpha value is -1.37. The van der Waals surface area contributed by atoms with Crippen molar-refractivity contribution in [3.8, 4) is 0 Å². The van der Waals surface area contributed by atoms with E-state index in [1.165, 1.54) is 0 Å². The van der Waals surface area contributed by atoms with E-state index in [1.54, 1.807) is 48.5 Å². The first-order valence-corrected chi connectivity index (χ1v) is 10.4. The molecule has 2 bridgehead atoms. The molecular weight excluding hydrogens is 489 g/mol. The molecule has 7 heteroatoms. The standard InChI is InChI=1S/C23H24Cl2NO3.BrH/c1-26(2)19-9-10-20(26)14-21(13-19)29-22(27)23(28,15-5-3-7-17(24)11-15)16-6-4-8-18(25)12-16;/h3-12,19-21,28H,13-14H2,1-2H3;1H/q+1;/p-1/t19-,20?,21?;/m1./s1. The normalized spacial score (nSPS) is 24.2. The van der Waals surface area contributed by atoms with Crippen LogP contribution in [0.5, 0.6) is 0 Å². The fraction of sp³-hybridized carbons (Fsp3) is 0.348. The van der Waals surface area contributed by atoms with E-state index in [0.29, 0.717) is 33.3 Å². The number of fused-ring (bicyclic) bond motifs is 2. The summed E-state index contributed by atoms with van der Waals surface area (Å²) in [5.41, 5.74) is -1.29. The highest BCUT2D eigenvalue weighted by Crippen LogP contribution is 2.39. The van der Waals surface area contributed by atoms with Gasteiger partial charge in [0.1, 0.15) is 18.2 Å². The molecule has 4 rings (SSSR count). The number of nitrogens with zero attached hydrogens (tertiary/aromatic N) is 1. The van der Waals surface area contributed by atoms with Gasteiger partial charge in [0.2, 0.25) is 5.60 Å². The van der Waals surface area contributed by atoms with E-state index in [2.05, 4.69) is 26.2 Å². The number of hydrogen-bond acceptors (Lipinski definition) is 3. The van der Waals surface area contributed by atoms with Crippen molar-refractivity contribution in [3.05, 3.63) is 81.9 Å². The molecule has 1 fully saturated rings. The van der Waals surface area contributed by atoms with E-state index in [9.17, 15) is 9.90 Å². The minimum absolute atomic E-state index is 0. The van der Waals surface area contributed by atoms with Gasteiger partial charge in [-0.2, -0.15) is 0 Å². The van der Waals surface area contributed by atoms with Crippen molar-refractivity contribution in [1.82, 2.24) is 0 Å². The van der Waals surface area contributed by atoms with Crippen molar-refractivity contribution >= 4 is 29.2 Å². The number of carbonyl (C=O) groups is 1. The topological polar surface area (TPSA) is 46.5 Å². The SMILES string of the molecule is C[N+]1(C)C2C=C[C@@H]1CC(OC(=O)C(O)(c1cccc(Cl)c1)c1cccc(Cl)c1)C2.[Br-]. The summed E-state index contributed by atoms with van der Waals surface area (Å²) in [6.45, 7) is 0. The highest BCUT2D eigenvalue weighted by molar-refractivity contribution is 6.31. The molecule has 2 aromatic carbocycles. The molecule has 160 valence electrons. The lowest BCUT2D eigenvalue weighted by Gasteiger charge is -2.44. The molecule has 0 radical (unpaired) electrons. The van der Waals surface area contributed by atoms with Gasteiger partial charge in [-0.1, -0.05) is 47.5 Å². The fourth-order valence-electron chi connectivity index (χ4n) is 4.44. The number of halogens is 3. The highest BCUT2D eigenvalue weighted by atomic mass is 79.9. The van der Waals surface area contributed by atoms with E-state index >= 15 is 0 Å². The van der Waals surface area contributed by atoms with Crippen molar-refractivity contribution in [1.29, 1.82) is 0 Å². The number of benzene rings is 2. The maximum atomic E-state index is 13.4. The molecule has 0 amide bonds.